The lowest BCUT2D eigenvalue weighted by atomic mass is 10.2. The number of rotatable bonds is 3. The first-order chi connectivity index (χ1) is 10.7. The van der Waals surface area contributed by atoms with Crippen LogP contribution >= 0.6 is 11.6 Å². The molecule has 1 N–H and O–H groups in total. The van der Waals surface area contributed by atoms with Gasteiger partial charge in [0.15, 0.2) is 5.65 Å². The first-order valence-corrected chi connectivity index (χ1v) is 7.08. The third-order valence-electron chi connectivity index (χ3n) is 3.36. The van der Waals surface area contributed by atoms with Crippen molar-refractivity contribution in [2.24, 2.45) is 0 Å². The minimum atomic E-state index is -0.0624. The van der Waals surface area contributed by atoms with Crippen LogP contribution in [0.3, 0.4) is 0 Å². The molecule has 0 aliphatic heterocycles. The van der Waals surface area contributed by atoms with E-state index in [-0.39, 0.29) is 6.04 Å². The highest BCUT2D eigenvalue weighted by molar-refractivity contribution is 6.31. The zero-order valence-electron chi connectivity index (χ0n) is 11.6. The Hall–Kier alpha value is -2.67. The van der Waals surface area contributed by atoms with E-state index >= 15 is 0 Å². The molecule has 4 rings (SSSR count). The van der Waals surface area contributed by atoms with E-state index in [1.807, 2.05) is 37.3 Å². The molecular weight excluding hydrogens is 304 g/mol. The number of hydrogen-bond acceptors (Lipinski definition) is 6. The lowest BCUT2D eigenvalue weighted by Crippen LogP contribution is -2.09. The van der Waals surface area contributed by atoms with Crippen molar-refractivity contribution in [3.8, 4) is 0 Å². The van der Waals surface area contributed by atoms with E-state index in [2.05, 4.69) is 25.9 Å². The summed E-state index contributed by atoms with van der Waals surface area (Å²) in [6.45, 7) is 1.99. The van der Waals surface area contributed by atoms with Crippen molar-refractivity contribution in [2.75, 3.05) is 5.32 Å². The molecule has 8 heteroatoms. The van der Waals surface area contributed by atoms with E-state index < -0.39 is 0 Å². The molecule has 0 fully saturated rings. The van der Waals surface area contributed by atoms with Gasteiger partial charge in [-0.1, -0.05) is 11.6 Å². The number of halogens is 1. The summed E-state index contributed by atoms with van der Waals surface area (Å²) in [6.07, 6.45) is 0. The quantitative estimate of drug-likeness (QED) is 0.626. The second-order valence-electron chi connectivity index (χ2n) is 4.94. The third-order valence-corrected chi connectivity index (χ3v) is 3.59. The van der Waals surface area contributed by atoms with E-state index in [0.29, 0.717) is 16.5 Å². The Balaban J connectivity index is 1.63. The molecule has 1 unspecified atom stereocenters. The maximum absolute atomic E-state index is 5.99. The highest BCUT2D eigenvalue weighted by Gasteiger charge is 2.13. The summed E-state index contributed by atoms with van der Waals surface area (Å²) in [6, 6.07) is 11.1. The van der Waals surface area contributed by atoms with E-state index in [0.717, 1.165) is 16.7 Å². The van der Waals surface area contributed by atoms with Crippen molar-refractivity contribution in [3.63, 3.8) is 0 Å². The minimum absolute atomic E-state index is 0.0624. The summed E-state index contributed by atoms with van der Waals surface area (Å²) in [5, 5.41) is 20.3. The standard InChI is InChI=1S/C14H11ClN6O/c1-8(12-7-9-6-10(15)2-3-11(9)22-12)16-13-4-5-14-17-19-20-21(14)18-13/h2-8H,1H3,(H,16,18). The second kappa shape index (κ2) is 4.96. The minimum Gasteiger partial charge on any atom is -0.459 e. The number of benzene rings is 1. The Morgan fingerprint density at radius 2 is 2.14 bits per heavy atom. The molecule has 0 spiro atoms. The number of furan rings is 1. The highest BCUT2D eigenvalue weighted by Crippen LogP contribution is 2.27. The smallest absolute Gasteiger partial charge is 0.200 e. The number of anilines is 1. The van der Waals surface area contributed by atoms with Crippen molar-refractivity contribution >= 4 is 34.0 Å². The monoisotopic (exact) mass is 314 g/mol. The maximum atomic E-state index is 5.99. The topological polar surface area (TPSA) is 81.1 Å². The van der Waals surface area contributed by atoms with Crippen molar-refractivity contribution in [1.29, 1.82) is 0 Å². The van der Waals surface area contributed by atoms with E-state index in [1.165, 1.54) is 4.63 Å². The van der Waals surface area contributed by atoms with Gasteiger partial charge in [-0.05, 0) is 53.7 Å². The lowest BCUT2D eigenvalue weighted by Gasteiger charge is -2.11. The average Bonchev–Trinajstić information content (AvgIpc) is 3.12. The van der Waals surface area contributed by atoms with Gasteiger partial charge < -0.3 is 9.73 Å². The highest BCUT2D eigenvalue weighted by atomic mass is 35.5. The van der Waals surface area contributed by atoms with Crippen LogP contribution in [0.1, 0.15) is 18.7 Å². The van der Waals surface area contributed by atoms with Crippen LogP contribution in [0.2, 0.25) is 5.02 Å². The van der Waals surface area contributed by atoms with Crippen LogP contribution < -0.4 is 5.32 Å². The van der Waals surface area contributed by atoms with Gasteiger partial charge in [-0.3, -0.25) is 0 Å². The van der Waals surface area contributed by atoms with Crippen molar-refractivity contribution < 1.29 is 4.42 Å². The van der Waals surface area contributed by atoms with Gasteiger partial charge in [0.25, 0.3) is 0 Å². The summed E-state index contributed by atoms with van der Waals surface area (Å²) in [5.74, 6) is 1.46. The Morgan fingerprint density at radius 3 is 3.05 bits per heavy atom. The molecule has 3 aromatic heterocycles. The average molecular weight is 315 g/mol. The van der Waals surface area contributed by atoms with Gasteiger partial charge in [0.2, 0.25) is 0 Å². The molecule has 0 bridgehead atoms. The van der Waals surface area contributed by atoms with Gasteiger partial charge in [-0.2, -0.15) is 0 Å². The largest absolute Gasteiger partial charge is 0.459 e. The Labute approximate surface area is 129 Å². The molecule has 0 saturated carbocycles. The lowest BCUT2D eigenvalue weighted by molar-refractivity contribution is 0.525. The third kappa shape index (κ3) is 2.25. The number of tetrazole rings is 1. The Morgan fingerprint density at radius 1 is 1.23 bits per heavy atom. The van der Waals surface area contributed by atoms with Gasteiger partial charge >= 0.3 is 0 Å². The summed E-state index contributed by atoms with van der Waals surface area (Å²) in [5.41, 5.74) is 1.40. The number of hydrogen-bond donors (Lipinski definition) is 1. The second-order valence-corrected chi connectivity index (χ2v) is 5.38. The molecule has 3 heterocycles. The van der Waals surface area contributed by atoms with Gasteiger partial charge in [0.1, 0.15) is 17.2 Å². The predicted molar refractivity (Wildman–Crippen MR) is 81.8 cm³/mol. The molecule has 1 aromatic carbocycles. The Bertz CT molecular complexity index is 962. The van der Waals surface area contributed by atoms with Crippen molar-refractivity contribution in [3.05, 3.63) is 47.2 Å². The van der Waals surface area contributed by atoms with Crippen LogP contribution in [0.25, 0.3) is 16.6 Å². The first-order valence-electron chi connectivity index (χ1n) is 6.70. The number of nitrogens with one attached hydrogen (secondary N) is 1. The van der Waals surface area contributed by atoms with E-state index in [9.17, 15) is 0 Å². The molecule has 4 aromatic rings. The molecule has 0 aliphatic rings. The number of nitrogens with zero attached hydrogens (tertiary/aromatic N) is 5. The first kappa shape index (κ1) is 13.0. The molecule has 0 radical (unpaired) electrons. The molecule has 22 heavy (non-hydrogen) atoms. The van der Waals surface area contributed by atoms with Crippen LogP contribution in [0.15, 0.2) is 40.8 Å². The SMILES string of the molecule is CC(Nc1ccc2nnnn2n1)c1cc2cc(Cl)ccc2o1. The van der Waals surface area contributed by atoms with E-state index in [4.69, 9.17) is 16.0 Å². The molecule has 7 nitrogen and oxygen atoms in total. The summed E-state index contributed by atoms with van der Waals surface area (Å²) in [4.78, 5) is 0. The molecule has 1 atom stereocenters. The summed E-state index contributed by atoms with van der Waals surface area (Å²) in [7, 11) is 0. The van der Waals surface area contributed by atoms with Gasteiger partial charge in [-0.25, -0.2) is 0 Å². The number of fused-ring (bicyclic) bond motifs is 2. The fourth-order valence-corrected chi connectivity index (χ4v) is 2.45. The van der Waals surface area contributed by atoms with Crippen LogP contribution in [0.4, 0.5) is 5.82 Å². The van der Waals surface area contributed by atoms with Crippen LogP contribution in [-0.2, 0) is 0 Å². The van der Waals surface area contributed by atoms with Gasteiger partial charge in [0, 0.05) is 10.4 Å². The zero-order chi connectivity index (χ0) is 15.1. The maximum Gasteiger partial charge on any atom is 0.200 e. The molecule has 110 valence electrons. The van der Waals surface area contributed by atoms with Crippen LogP contribution in [-0.4, -0.2) is 25.3 Å². The van der Waals surface area contributed by atoms with Gasteiger partial charge in [-0.15, -0.1) is 14.8 Å². The van der Waals surface area contributed by atoms with Crippen molar-refractivity contribution in [2.45, 2.75) is 13.0 Å². The molecular formula is C14H11ClN6O. The van der Waals surface area contributed by atoms with Crippen LogP contribution in [0.5, 0.6) is 0 Å². The van der Waals surface area contributed by atoms with Crippen LogP contribution in [0, 0.1) is 0 Å². The molecule has 0 aliphatic carbocycles. The molecule has 0 saturated heterocycles. The van der Waals surface area contributed by atoms with Gasteiger partial charge in [0.05, 0.1) is 6.04 Å². The molecule has 0 amide bonds. The summed E-state index contributed by atoms with van der Waals surface area (Å²) >= 11 is 5.99. The normalized spacial score (nSPS) is 12.8. The van der Waals surface area contributed by atoms with E-state index in [1.54, 1.807) is 6.07 Å². The zero-order valence-corrected chi connectivity index (χ0v) is 12.3. The predicted octanol–water partition coefficient (Wildman–Crippen LogP) is 3.09. The fourth-order valence-electron chi connectivity index (χ4n) is 2.27. The Kier molecular flexibility index (Phi) is 2.93. The van der Waals surface area contributed by atoms with Crippen molar-refractivity contribution in [1.82, 2.24) is 25.3 Å². The fraction of sp³-hybridized carbons (Fsp3) is 0.143. The summed E-state index contributed by atoms with van der Waals surface area (Å²) < 4.78 is 7.20. The number of aromatic nitrogens is 5.